The van der Waals surface area contributed by atoms with Gasteiger partial charge in [-0.05, 0) is 43.2 Å². The Hall–Kier alpha value is -1.24. The maximum absolute atomic E-state index is 5.69. The maximum Gasteiger partial charge on any atom is 0.0954 e. The van der Waals surface area contributed by atoms with Gasteiger partial charge in [-0.25, -0.2) is 0 Å². The fourth-order valence-corrected chi connectivity index (χ4v) is 2.86. The number of hydrogen-bond acceptors (Lipinski definition) is 1. The predicted octanol–water partition coefficient (Wildman–Crippen LogP) is 3.56. The fraction of sp³-hybridized carbons (Fsp3) is 0.467. The summed E-state index contributed by atoms with van der Waals surface area (Å²) >= 11 is 0. The quantitative estimate of drug-likeness (QED) is 0.731. The predicted molar refractivity (Wildman–Crippen MR) is 65.0 cm³/mol. The van der Waals surface area contributed by atoms with Crippen LogP contribution in [0.15, 0.2) is 42.2 Å². The van der Waals surface area contributed by atoms with Crippen molar-refractivity contribution in [3.05, 3.63) is 47.7 Å². The van der Waals surface area contributed by atoms with E-state index in [1.807, 2.05) is 0 Å². The van der Waals surface area contributed by atoms with Gasteiger partial charge in [0.25, 0.3) is 0 Å². The van der Waals surface area contributed by atoms with Crippen molar-refractivity contribution in [2.45, 2.75) is 25.7 Å². The molecule has 0 spiro atoms. The van der Waals surface area contributed by atoms with Crippen LogP contribution in [0.4, 0.5) is 0 Å². The fourth-order valence-electron chi connectivity index (χ4n) is 2.86. The van der Waals surface area contributed by atoms with E-state index in [4.69, 9.17) is 4.74 Å². The second-order valence-electron chi connectivity index (χ2n) is 4.93. The van der Waals surface area contributed by atoms with E-state index in [0.717, 1.165) is 12.5 Å². The van der Waals surface area contributed by atoms with Crippen molar-refractivity contribution in [2.75, 3.05) is 6.61 Å². The first kappa shape index (κ1) is 9.95. The van der Waals surface area contributed by atoms with Gasteiger partial charge < -0.3 is 4.74 Å². The molecule has 1 heteroatoms. The molecule has 1 aromatic rings. The summed E-state index contributed by atoms with van der Waals surface area (Å²) in [7, 11) is 0. The molecule has 0 aromatic heterocycles. The molecular formula is C15H18O. The minimum Gasteiger partial charge on any atom is -0.498 e. The Balaban J connectivity index is 1.70. The molecule has 1 aliphatic heterocycles. The summed E-state index contributed by atoms with van der Waals surface area (Å²) in [6.07, 6.45) is 7.44. The topological polar surface area (TPSA) is 9.23 Å². The molecule has 2 unspecified atom stereocenters. The zero-order chi connectivity index (χ0) is 10.8. The third-order valence-electron chi connectivity index (χ3n) is 3.76. The average Bonchev–Trinajstić information content (AvgIpc) is 2.77. The van der Waals surface area contributed by atoms with Gasteiger partial charge in [-0.15, -0.1) is 0 Å². The normalized spacial score (nSPS) is 28.1. The van der Waals surface area contributed by atoms with Gasteiger partial charge >= 0.3 is 0 Å². The molecule has 0 bridgehead atoms. The molecule has 1 aromatic carbocycles. The largest absolute Gasteiger partial charge is 0.498 e. The van der Waals surface area contributed by atoms with E-state index in [2.05, 4.69) is 36.4 Å². The lowest BCUT2D eigenvalue weighted by Gasteiger charge is -2.22. The molecule has 84 valence electrons. The maximum atomic E-state index is 5.69. The van der Waals surface area contributed by atoms with E-state index in [1.165, 1.54) is 37.0 Å². The summed E-state index contributed by atoms with van der Waals surface area (Å²) in [5.41, 5.74) is 1.45. The van der Waals surface area contributed by atoms with Gasteiger partial charge in [-0.3, -0.25) is 0 Å². The molecule has 1 fully saturated rings. The van der Waals surface area contributed by atoms with Crippen LogP contribution < -0.4 is 0 Å². The Labute approximate surface area is 97.1 Å². The average molecular weight is 214 g/mol. The molecule has 1 nitrogen and oxygen atoms in total. The summed E-state index contributed by atoms with van der Waals surface area (Å²) in [5, 5.41) is 0. The number of hydrogen-bond donors (Lipinski definition) is 0. The number of rotatable bonds is 2. The Morgan fingerprint density at radius 2 is 1.94 bits per heavy atom. The number of benzene rings is 1. The SMILES string of the molecule is C1=C2OCCC2CCC1Cc1ccccc1. The van der Waals surface area contributed by atoms with Gasteiger partial charge in [0.1, 0.15) is 0 Å². The van der Waals surface area contributed by atoms with E-state index in [9.17, 15) is 0 Å². The lowest BCUT2D eigenvalue weighted by molar-refractivity contribution is 0.246. The summed E-state index contributed by atoms with van der Waals surface area (Å²) in [6, 6.07) is 10.8. The molecule has 1 saturated heterocycles. The zero-order valence-electron chi connectivity index (χ0n) is 9.56. The van der Waals surface area contributed by atoms with E-state index < -0.39 is 0 Å². The summed E-state index contributed by atoms with van der Waals surface area (Å²) in [4.78, 5) is 0. The van der Waals surface area contributed by atoms with Gasteiger partial charge in [0.2, 0.25) is 0 Å². The Bertz CT molecular complexity index is 380. The molecule has 16 heavy (non-hydrogen) atoms. The highest BCUT2D eigenvalue weighted by atomic mass is 16.5. The zero-order valence-corrected chi connectivity index (χ0v) is 9.56. The minimum absolute atomic E-state index is 0.687. The van der Waals surface area contributed by atoms with Crippen molar-refractivity contribution in [2.24, 2.45) is 11.8 Å². The van der Waals surface area contributed by atoms with E-state index >= 15 is 0 Å². The standard InChI is InChI=1S/C15H18O/c1-2-4-12(5-3-1)10-13-6-7-14-8-9-16-15(14)11-13/h1-5,11,13-14H,6-10H2. The summed E-state index contributed by atoms with van der Waals surface area (Å²) < 4.78 is 5.69. The van der Waals surface area contributed by atoms with E-state index in [-0.39, 0.29) is 0 Å². The van der Waals surface area contributed by atoms with Crippen molar-refractivity contribution >= 4 is 0 Å². The monoisotopic (exact) mass is 214 g/mol. The van der Waals surface area contributed by atoms with Crippen LogP contribution in [0.1, 0.15) is 24.8 Å². The van der Waals surface area contributed by atoms with E-state index in [1.54, 1.807) is 0 Å². The Kier molecular flexibility index (Phi) is 2.69. The molecule has 1 aliphatic carbocycles. The van der Waals surface area contributed by atoms with Gasteiger partial charge in [0.15, 0.2) is 0 Å². The van der Waals surface area contributed by atoms with Crippen molar-refractivity contribution < 1.29 is 4.74 Å². The van der Waals surface area contributed by atoms with Gasteiger partial charge in [0.05, 0.1) is 12.4 Å². The number of fused-ring (bicyclic) bond motifs is 1. The molecule has 3 rings (SSSR count). The van der Waals surface area contributed by atoms with Crippen LogP contribution in [0.25, 0.3) is 0 Å². The third kappa shape index (κ3) is 1.99. The molecule has 0 N–H and O–H groups in total. The molecule has 2 atom stereocenters. The van der Waals surface area contributed by atoms with Gasteiger partial charge in [-0.2, -0.15) is 0 Å². The molecule has 0 amide bonds. The van der Waals surface area contributed by atoms with Crippen molar-refractivity contribution in [3.63, 3.8) is 0 Å². The first-order valence-corrected chi connectivity index (χ1v) is 6.30. The molecular weight excluding hydrogens is 196 g/mol. The summed E-state index contributed by atoms with van der Waals surface area (Å²) in [5.74, 6) is 2.71. The van der Waals surface area contributed by atoms with Crippen LogP contribution in [0.3, 0.4) is 0 Å². The second-order valence-corrected chi connectivity index (χ2v) is 4.93. The highest BCUT2D eigenvalue weighted by Gasteiger charge is 2.28. The van der Waals surface area contributed by atoms with Crippen LogP contribution >= 0.6 is 0 Å². The summed E-state index contributed by atoms with van der Waals surface area (Å²) in [6.45, 7) is 0.939. The lowest BCUT2D eigenvalue weighted by Crippen LogP contribution is -2.12. The van der Waals surface area contributed by atoms with Crippen LogP contribution in [0, 0.1) is 11.8 Å². The van der Waals surface area contributed by atoms with Crippen LogP contribution in [-0.2, 0) is 11.2 Å². The van der Waals surface area contributed by atoms with Crippen LogP contribution in [0.5, 0.6) is 0 Å². The highest BCUT2D eigenvalue weighted by Crippen LogP contribution is 2.36. The van der Waals surface area contributed by atoms with Crippen LogP contribution in [0.2, 0.25) is 0 Å². The lowest BCUT2D eigenvalue weighted by atomic mass is 9.83. The van der Waals surface area contributed by atoms with Crippen molar-refractivity contribution in [1.29, 1.82) is 0 Å². The Morgan fingerprint density at radius 3 is 2.81 bits per heavy atom. The minimum atomic E-state index is 0.687. The number of allylic oxidation sites excluding steroid dienone is 2. The molecule has 0 radical (unpaired) electrons. The van der Waals surface area contributed by atoms with Gasteiger partial charge in [-0.1, -0.05) is 30.3 Å². The third-order valence-corrected chi connectivity index (χ3v) is 3.76. The number of ether oxygens (including phenoxy) is 1. The van der Waals surface area contributed by atoms with Crippen molar-refractivity contribution in [1.82, 2.24) is 0 Å². The van der Waals surface area contributed by atoms with E-state index in [0.29, 0.717) is 5.92 Å². The molecule has 2 aliphatic rings. The Morgan fingerprint density at radius 1 is 1.06 bits per heavy atom. The molecule has 0 saturated carbocycles. The van der Waals surface area contributed by atoms with Crippen molar-refractivity contribution in [3.8, 4) is 0 Å². The smallest absolute Gasteiger partial charge is 0.0954 e. The molecule has 1 heterocycles. The van der Waals surface area contributed by atoms with Gasteiger partial charge in [0, 0.05) is 5.92 Å². The van der Waals surface area contributed by atoms with Crippen LogP contribution in [-0.4, -0.2) is 6.61 Å². The second kappa shape index (κ2) is 4.32. The highest BCUT2D eigenvalue weighted by molar-refractivity contribution is 5.18. The first-order valence-electron chi connectivity index (χ1n) is 6.30. The first-order chi connectivity index (χ1) is 7.92.